The van der Waals surface area contributed by atoms with Crippen LogP contribution < -0.4 is 5.32 Å². The van der Waals surface area contributed by atoms with E-state index in [1.807, 2.05) is 0 Å². The third kappa shape index (κ3) is 4.87. The topological polar surface area (TPSA) is 84.9 Å². The summed E-state index contributed by atoms with van der Waals surface area (Å²) < 4.78 is 10.2. The second-order valence-corrected chi connectivity index (χ2v) is 5.63. The van der Waals surface area contributed by atoms with Gasteiger partial charge in [0.2, 0.25) is 0 Å². The number of carbonyl (C=O) groups is 2. The zero-order valence-corrected chi connectivity index (χ0v) is 11.4. The fraction of sp³-hybridized carbons (Fsp3) is 0.636. The highest BCUT2D eigenvalue weighted by Gasteiger charge is 2.29. The van der Waals surface area contributed by atoms with E-state index in [4.69, 9.17) is 14.6 Å². The Bertz CT molecular complexity index is 361. The van der Waals surface area contributed by atoms with E-state index in [0.717, 1.165) is 5.75 Å². The van der Waals surface area contributed by atoms with E-state index in [2.05, 4.69) is 5.32 Å². The van der Waals surface area contributed by atoms with E-state index >= 15 is 0 Å². The van der Waals surface area contributed by atoms with Gasteiger partial charge in [-0.15, -0.1) is 11.8 Å². The van der Waals surface area contributed by atoms with E-state index in [1.54, 1.807) is 26.2 Å². The van der Waals surface area contributed by atoms with Crippen LogP contribution in [-0.4, -0.2) is 41.2 Å². The summed E-state index contributed by atoms with van der Waals surface area (Å²) in [6, 6.07) is -1.22. The van der Waals surface area contributed by atoms with Gasteiger partial charge in [0.25, 0.3) is 0 Å². The number of carbonyl (C=O) groups excluding carboxylic acids is 1. The highest BCUT2D eigenvalue weighted by molar-refractivity contribution is 8.02. The van der Waals surface area contributed by atoms with Gasteiger partial charge >= 0.3 is 12.1 Å². The van der Waals surface area contributed by atoms with Crippen molar-refractivity contribution in [1.29, 1.82) is 0 Å². The number of aliphatic carboxylic acids is 1. The minimum atomic E-state index is -1.22. The monoisotopic (exact) mass is 275 g/mol. The molecule has 0 aromatic heterocycles. The van der Waals surface area contributed by atoms with Gasteiger partial charge in [0.1, 0.15) is 11.4 Å². The Morgan fingerprint density at radius 3 is 2.67 bits per heavy atom. The Morgan fingerprint density at radius 1 is 1.56 bits per heavy atom. The van der Waals surface area contributed by atoms with Gasteiger partial charge in [-0.05, 0) is 20.8 Å². The summed E-state index contributed by atoms with van der Waals surface area (Å²) in [4.78, 5) is 22.6. The van der Waals surface area contributed by atoms with Crippen LogP contribution in [0.5, 0.6) is 0 Å². The van der Waals surface area contributed by atoms with Gasteiger partial charge < -0.3 is 19.9 Å². The molecule has 0 saturated carbocycles. The summed E-state index contributed by atoms with van der Waals surface area (Å²) in [6.07, 6.45) is -0.782. The molecule has 1 aliphatic heterocycles. The predicted molar refractivity (Wildman–Crippen MR) is 67.3 cm³/mol. The number of hydrogen-bond acceptors (Lipinski definition) is 5. The first-order valence-corrected chi connectivity index (χ1v) is 6.51. The molecule has 0 aliphatic carbocycles. The molecule has 1 aliphatic rings. The Hall–Kier alpha value is -1.37. The van der Waals surface area contributed by atoms with E-state index in [9.17, 15) is 9.59 Å². The van der Waals surface area contributed by atoms with Crippen molar-refractivity contribution in [3.05, 3.63) is 11.2 Å². The molecule has 0 spiro atoms. The van der Waals surface area contributed by atoms with Crippen LogP contribution in [0.15, 0.2) is 11.2 Å². The minimum absolute atomic E-state index is 0.226. The molecule has 0 radical (unpaired) electrons. The van der Waals surface area contributed by atoms with Crippen molar-refractivity contribution in [3.8, 4) is 0 Å². The van der Waals surface area contributed by atoms with Crippen molar-refractivity contribution in [2.75, 3.05) is 12.4 Å². The molecular formula is C11H17NO5S. The number of rotatable bonds is 3. The van der Waals surface area contributed by atoms with Gasteiger partial charge in [-0.25, -0.2) is 9.59 Å². The molecule has 1 rings (SSSR count). The average molecular weight is 275 g/mol. The summed E-state index contributed by atoms with van der Waals surface area (Å²) in [5, 5.41) is 12.9. The first-order chi connectivity index (χ1) is 8.29. The normalized spacial score (nSPS) is 17.2. The first kappa shape index (κ1) is 14.7. The third-order valence-corrected chi connectivity index (χ3v) is 2.66. The highest BCUT2D eigenvalue weighted by atomic mass is 32.2. The standard InChI is InChI=1S/C11H17NO5S/c1-11(2,3)17-10(15)12-8(9(13)14)7-6-18-5-4-16-7/h6,8H,4-5H2,1-3H3,(H,12,15)(H,13,14). The van der Waals surface area contributed by atoms with Gasteiger partial charge in [0, 0.05) is 11.2 Å². The molecule has 2 N–H and O–H groups in total. The smallest absolute Gasteiger partial charge is 0.408 e. The van der Waals surface area contributed by atoms with Crippen LogP contribution in [0.2, 0.25) is 0 Å². The van der Waals surface area contributed by atoms with Crippen LogP contribution in [0.1, 0.15) is 20.8 Å². The molecule has 6 nitrogen and oxygen atoms in total. The van der Waals surface area contributed by atoms with Crippen molar-refractivity contribution in [2.45, 2.75) is 32.4 Å². The average Bonchev–Trinajstić information content (AvgIpc) is 2.24. The van der Waals surface area contributed by atoms with Crippen LogP contribution in [0.25, 0.3) is 0 Å². The van der Waals surface area contributed by atoms with Gasteiger partial charge in [-0.2, -0.15) is 0 Å². The lowest BCUT2D eigenvalue weighted by Crippen LogP contribution is -2.45. The van der Waals surface area contributed by atoms with Crippen molar-refractivity contribution >= 4 is 23.8 Å². The van der Waals surface area contributed by atoms with Crippen LogP contribution in [0, 0.1) is 0 Å². The Labute approximate surface area is 110 Å². The lowest BCUT2D eigenvalue weighted by Gasteiger charge is -2.24. The molecule has 102 valence electrons. The van der Waals surface area contributed by atoms with Crippen molar-refractivity contribution in [2.24, 2.45) is 0 Å². The lowest BCUT2D eigenvalue weighted by molar-refractivity contribution is -0.139. The summed E-state index contributed by atoms with van der Waals surface area (Å²) in [5.74, 6) is -0.193. The quantitative estimate of drug-likeness (QED) is 0.813. The molecule has 0 aromatic rings. The largest absolute Gasteiger partial charge is 0.494 e. The number of nitrogens with one attached hydrogen (secondary N) is 1. The molecular weight excluding hydrogens is 258 g/mol. The maximum atomic E-state index is 11.5. The SMILES string of the molecule is CC(C)(C)OC(=O)NC(C(=O)O)C1=CSCCO1. The van der Waals surface area contributed by atoms with E-state index < -0.39 is 23.7 Å². The number of carboxylic acids is 1. The summed E-state index contributed by atoms with van der Waals surface area (Å²) in [6.45, 7) is 5.54. The molecule has 1 heterocycles. The Balaban J connectivity index is 2.66. The van der Waals surface area contributed by atoms with Crippen molar-refractivity contribution < 1.29 is 24.2 Å². The van der Waals surface area contributed by atoms with E-state index in [0.29, 0.717) is 6.61 Å². The molecule has 1 atom stereocenters. The second kappa shape index (κ2) is 5.99. The van der Waals surface area contributed by atoms with Gasteiger partial charge in [0.05, 0.1) is 6.61 Å². The fourth-order valence-electron chi connectivity index (χ4n) is 1.21. The molecule has 7 heteroatoms. The van der Waals surface area contributed by atoms with Gasteiger partial charge in [-0.1, -0.05) is 0 Å². The summed E-state index contributed by atoms with van der Waals surface area (Å²) >= 11 is 1.45. The van der Waals surface area contributed by atoms with Gasteiger partial charge in [-0.3, -0.25) is 0 Å². The highest BCUT2D eigenvalue weighted by Crippen LogP contribution is 2.18. The number of hydrogen-bond donors (Lipinski definition) is 2. The van der Waals surface area contributed by atoms with E-state index in [1.165, 1.54) is 11.8 Å². The van der Waals surface area contributed by atoms with Crippen LogP contribution in [0.3, 0.4) is 0 Å². The van der Waals surface area contributed by atoms with Crippen molar-refractivity contribution in [3.63, 3.8) is 0 Å². The van der Waals surface area contributed by atoms with E-state index in [-0.39, 0.29) is 5.76 Å². The zero-order chi connectivity index (χ0) is 13.8. The molecule has 0 bridgehead atoms. The summed E-state index contributed by atoms with van der Waals surface area (Å²) in [7, 11) is 0. The molecule has 18 heavy (non-hydrogen) atoms. The number of alkyl carbamates (subject to hydrolysis) is 1. The maximum absolute atomic E-state index is 11.5. The number of ether oxygens (including phenoxy) is 2. The second-order valence-electron chi connectivity index (χ2n) is 4.66. The Kier molecular flexibility index (Phi) is 4.89. The minimum Gasteiger partial charge on any atom is -0.494 e. The zero-order valence-electron chi connectivity index (χ0n) is 10.6. The fourth-order valence-corrected chi connectivity index (χ4v) is 1.88. The Morgan fingerprint density at radius 2 is 2.22 bits per heavy atom. The molecule has 0 aromatic carbocycles. The molecule has 0 fully saturated rings. The first-order valence-electron chi connectivity index (χ1n) is 5.46. The third-order valence-electron chi connectivity index (χ3n) is 1.86. The molecule has 1 amide bonds. The van der Waals surface area contributed by atoms with Crippen LogP contribution in [0.4, 0.5) is 4.79 Å². The van der Waals surface area contributed by atoms with Crippen LogP contribution in [-0.2, 0) is 14.3 Å². The van der Waals surface area contributed by atoms with Crippen molar-refractivity contribution in [1.82, 2.24) is 5.32 Å². The predicted octanol–water partition coefficient (Wildman–Crippen LogP) is 1.57. The van der Waals surface area contributed by atoms with Gasteiger partial charge in [0.15, 0.2) is 6.04 Å². The number of carboxylic acid groups (broad SMARTS) is 1. The molecule has 0 saturated heterocycles. The maximum Gasteiger partial charge on any atom is 0.408 e. The summed E-state index contributed by atoms with van der Waals surface area (Å²) in [5.41, 5.74) is -0.677. The number of thioether (sulfide) groups is 1. The van der Waals surface area contributed by atoms with Crippen LogP contribution >= 0.6 is 11.8 Å². The molecule has 1 unspecified atom stereocenters. The number of amides is 1. The lowest BCUT2D eigenvalue weighted by atomic mass is 10.2.